The fraction of sp³-hybridized carbons (Fsp3) is 0.278. The van der Waals surface area contributed by atoms with Gasteiger partial charge in [0.15, 0.2) is 6.61 Å². The van der Waals surface area contributed by atoms with Crippen LogP contribution in [0.3, 0.4) is 0 Å². The van der Waals surface area contributed by atoms with Gasteiger partial charge in [0.2, 0.25) is 10.0 Å². The highest BCUT2D eigenvalue weighted by Gasteiger charge is 2.25. The first-order valence-electron chi connectivity index (χ1n) is 8.30. The van der Waals surface area contributed by atoms with Gasteiger partial charge in [-0.15, -0.1) is 0 Å². The van der Waals surface area contributed by atoms with Crippen LogP contribution in [0.2, 0.25) is 10.0 Å². The summed E-state index contributed by atoms with van der Waals surface area (Å²) in [7, 11) is -3.88. The topological polar surface area (TPSA) is 102 Å². The van der Waals surface area contributed by atoms with Crippen LogP contribution >= 0.6 is 23.2 Å². The number of sulfonamides is 1. The summed E-state index contributed by atoms with van der Waals surface area (Å²) in [5, 5.41) is 9.04. The standard InChI is InChI=1S/C18H17Cl2NO6S/c19-12-1-4-15(20)17(8-12)28(24,25)21-9-16-14-3-2-13(27-10-18(22)23)7-11(14)5-6-26-16/h1-4,7-8,16,21H,5-6,9-10H2,(H,22,23). The van der Waals surface area contributed by atoms with Crippen molar-refractivity contribution in [2.75, 3.05) is 19.8 Å². The Kier molecular flexibility index (Phi) is 6.47. The highest BCUT2D eigenvalue weighted by atomic mass is 35.5. The van der Waals surface area contributed by atoms with Gasteiger partial charge >= 0.3 is 5.97 Å². The van der Waals surface area contributed by atoms with Crippen molar-refractivity contribution in [1.82, 2.24) is 4.72 Å². The number of carboxylic acid groups (broad SMARTS) is 1. The van der Waals surface area contributed by atoms with E-state index in [1.807, 2.05) is 0 Å². The smallest absolute Gasteiger partial charge is 0.341 e. The van der Waals surface area contributed by atoms with Crippen LogP contribution in [0.25, 0.3) is 0 Å². The number of fused-ring (bicyclic) bond motifs is 1. The van der Waals surface area contributed by atoms with Gasteiger partial charge < -0.3 is 14.6 Å². The van der Waals surface area contributed by atoms with Gasteiger partial charge in [-0.05, 0) is 47.9 Å². The molecule has 2 aromatic rings. The van der Waals surface area contributed by atoms with Crippen LogP contribution in [0.1, 0.15) is 17.2 Å². The Labute approximate surface area is 172 Å². The summed E-state index contributed by atoms with van der Waals surface area (Å²) in [4.78, 5) is 10.5. The van der Waals surface area contributed by atoms with Crippen molar-refractivity contribution in [3.63, 3.8) is 0 Å². The van der Waals surface area contributed by atoms with Crippen LogP contribution < -0.4 is 9.46 Å². The summed E-state index contributed by atoms with van der Waals surface area (Å²) in [5.41, 5.74) is 1.73. The quantitative estimate of drug-likeness (QED) is 0.678. The van der Waals surface area contributed by atoms with E-state index in [0.29, 0.717) is 18.8 Å². The maximum Gasteiger partial charge on any atom is 0.341 e. The van der Waals surface area contributed by atoms with E-state index < -0.39 is 28.7 Å². The molecule has 10 heteroatoms. The fourth-order valence-corrected chi connectivity index (χ4v) is 4.66. The van der Waals surface area contributed by atoms with E-state index in [9.17, 15) is 13.2 Å². The molecule has 0 bridgehead atoms. The van der Waals surface area contributed by atoms with Gasteiger partial charge in [0, 0.05) is 11.6 Å². The second-order valence-corrected chi connectivity index (χ2v) is 8.66. The Bertz CT molecular complexity index is 996. The number of hydrogen-bond acceptors (Lipinski definition) is 5. The number of rotatable bonds is 7. The Morgan fingerprint density at radius 1 is 1.25 bits per heavy atom. The van der Waals surface area contributed by atoms with Crippen LogP contribution in [0.15, 0.2) is 41.3 Å². The summed E-state index contributed by atoms with van der Waals surface area (Å²) in [5.74, 6) is -0.624. The number of carboxylic acids is 1. The Morgan fingerprint density at radius 2 is 2.04 bits per heavy atom. The predicted molar refractivity (Wildman–Crippen MR) is 104 cm³/mol. The minimum Gasteiger partial charge on any atom is -0.482 e. The summed E-state index contributed by atoms with van der Waals surface area (Å²) in [6, 6.07) is 9.34. The van der Waals surface area contributed by atoms with Gasteiger partial charge in [-0.1, -0.05) is 29.3 Å². The van der Waals surface area contributed by atoms with E-state index in [1.165, 1.54) is 18.2 Å². The number of carbonyl (C=O) groups is 1. The molecule has 0 radical (unpaired) electrons. The zero-order valence-electron chi connectivity index (χ0n) is 14.5. The molecule has 0 amide bonds. The highest BCUT2D eigenvalue weighted by Crippen LogP contribution is 2.31. The van der Waals surface area contributed by atoms with Gasteiger partial charge in [-0.25, -0.2) is 17.9 Å². The SMILES string of the molecule is O=C(O)COc1ccc2c(c1)CCOC2CNS(=O)(=O)c1cc(Cl)ccc1Cl. The number of ether oxygens (including phenoxy) is 2. The summed E-state index contributed by atoms with van der Waals surface area (Å²) < 4.78 is 38.6. The molecule has 0 spiro atoms. The van der Waals surface area contributed by atoms with Crippen molar-refractivity contribution in [2.45, 2.75) is 17.4 Å². The van der Waals surface area contributed by atoms with Gasteiger partial charge in [0.05, 0.1) is 17.7 Å². The zero-order chi connectivity index (χ0) is 20.3. The Hall–Kier alpha value is -1.84. The lowest BCUT2D eigenvalue weighted by Gasteiger charge is -2.26. The molecule has 0 fully saturated rings. The summed E-state index contributed by atoms with van der Waals surface area (Å²) >= 11 is 11.9. The Balaban J connectivity index is 1.74. The van der Waals surface area contributed by atoms with Crippen molar-refractivity contribution in [1.29, 1.82) is 0 Å². The van der Waals surface area contributed by atoms with Gasteiger partial charge in [0.1, 0.15) is 10.6 Å². The average molecular weight is 446 g/mol. The normalized spacial score (nSPS) is 16.4. The minimum absolute atomic E-state index is 0.00745. The van der Waals surface area contributed by atoms with Gasteiger partial charge in [-0.2, -0.15) is 0 Å². The predicted octanol–water partition coefficient (Wildman–Crippen LogP) is 3.05. The monoisotopic (exact) mass is 445 g/mol. The molecular formula is C18H17Cl2NO6S. The highest BCUT2D eigenvalue weighted by molar-refractivity contribution is 7.89. The van der Waals surface area contributed by atoms with E-state index >= 15 is 0 Å². The largest absolute Gasteiger partial charge is 0.482 e. The number of benzene rings is 2. The molecule has 28 heavy (non-hydrogen) atoms. The van der Waals surface area contributed by atoms with Crippen LogP contribution in [0, 0.1) is 0 Å². The molecule has 0 aromatic heterocycles. The van der Waals surface area contributed by atoms with Crippen molar-refractivity contribution in [3.8, 4) is 5.75 Å². The molecule has 1 unspecified atom stereocenters. The van der Waals surface area contributed by atoms with E-state index in [2.05, 4.69) is 4.72 Å². The molecular weight excluding hydrogens is 429 g/mol. The zero-order valence-corrected chi connectivity index (χ0v) is 16.9. The van der Waals surface area contributed by atoms with Crippen LogP contribution in [-0.2, 0) is 26.0 Å². The summed E-state index contributed by atoms with van der Waals surface area (Å²) in [6.07, 6.45) is 0.119. The number of nitrogens with one attached hydrogen (secondary N) is 1. The molecule has 1 aliphatic heterocycles. The fourth-order valence-electron chi connectivity index (χ4n) is 2.86. The van der Waals surface area contributed by atoms with Crippen LogP contribution in [0.4, 0.5) is 0 Å². The van der Waals surface area contributed by atoms with E-state index in [4.69, 9.17) is 37.8 Å². The van der Waals surface area contributed by atoms with Crippen molar-refractivity contribution in [2.24, 2.45) is 0 Å². The maximum absolute atomic E-state index is 12.6. The molecule has 150 valence electrons. The van der Waals surface area contributed by atoms with Crippen LogP contribution in [-0.4, -0.2) is 39.3 Å². The molecule has 0 aliphatic carbocycles. The first kappa shape index (κ1) is 20.9. The molecule has 7 nitrogen and oxygen atoms in total. The lowest BCUT2D eigenvalue weighted by atomic mass is 9.97. The number of hydrogen-bond donors (Lipinski definition) is 2. The maximum atomic E-state index is 12.6. The van der Waals surface area contributed by atoms with E-state index in [-0.39, 0.29) is 21.5 Å². The second-order valence-electron chi connectivity index (χ2n) is 6.08. The third-order valence-corrected chi connectivity index (χ3v) is 6.30. The minimum atomic E-state index is -3.88. The molecule has 2 N–H and O–H groups in total. The first-order chi connectivity index (χ1) is 13.3. The lowest BCUT2D eigenvalue weighted by Crippen LogP contribution is -2.32. The van der Waals surface area contributed by atoms with Crippen molar-refractivity contribution < 1.29 is 27.8 Å². The average Bonchev–Trinajstić information content (AvgIpc) is 2.66. The first-order valence-corrected chi connectivity index (χ1v) is 10.5. The molecule has 1 aliphatic rings. The summed E-state index contributed by atoms with van der Waals surface area (Å²) in [6.45, 7) is -0.0217. The molecule has 2 aromatic carbocycles. The second kappa shape index (κ2) is 8.67. The Morgan fingerprint density at radius 3 is 2.79 bits per heavy atom. The van der Waals surface area contributed by atoms with Gasteiger partial charge in [0.25, 0.3) is 0 Å². The number of aliphatic carboxylic acids is 1. The van der Waals surface area contributed by atoms with E-state index in [0.717, 1.165) is 11.1 Å². The molecule has 0 saturated heterocycles. The molecule has 1 heterocycles. The third kappa shape index (κ3) is 4.95. The van der Waals surface area contributed by atoms with Crippen molar-refractivity contribution >= 4 is 39.2 Å². The lowest BCUT2D eigenvalue weighted by molar-refractivity contribution is -0.139. The molecule has 3 rings (SSSR count). The van der Waals surface area contributed by atoms with Gasteiger partial charge in [-0.3, -0.25) is 0 Å². The van der Waals surface area contributed by atoms with Crippen LogP contribution in [0.5, 0.6) is 5.75 Å². The molecule has 1 atom stereocenters. The third-order valence-electron chi connectivity index (χ3n) is 4.16. The van der Waals surface area contributed by atoms with E-state index in [1.54, 1.807) is 18.2 Å². The van der Waals surface area contributed by atoms with Crippen molar-refractivity contribution in [3.05, 3.63) is 57.6 Å². The number of halogens is 2. The molecule has 0 saturated carbocycles.